The van der Waals surface area contributed by atoms with Crippen molar-refractivity contribution < 1.29 is 14.3 Å². The summed E-state index contributed by atoms with van der Waals surface area (Å²) in [5.41, 5.74) is 0.559. The third-order valence-electron chi connectivity index (χ3n) is 2.40. The van der Waals surface area contributed by atoms with Gasteiger partial charge in [-0.1, -0.05) is 13.3 Å². The van der Waals surface area contributed by atoms with Gasteiger partial charge in [0, 0.05) is 5.56 Å². The number of aldehydes is 1. The Hall–Kier alpha value is -1.03. The molecule has 0 N–H and O–H groups in total. The summed E-state index contributed by atoms with van der Waals surface area (Å²) < 4.78 is 11.8. The molecule has 1 rings (SSSR count). The van der Waals surface area contributed by atoms with Crippen LogP contribution in [0, 0.1) is 0 Å². The molecule has 0 amide bonds. The van der Waals surface area contributed by atoms with Gasteiger partial charge in [0.25, 0.3) is 0 Å². The van der Waals surface area contributed by atoms with Crippen LogP contribution < -0.4 is 9.47 Å². The quantitative estimate of drug-likeness (QED) is 0.749. The van der Waals surface area contributed by atoms with Gasteiger partial charge in [-0.25, -0.2) is 0 Å². The van der Waals surface area contributed by atoms with Crippen LogP contribution in [-0.4, -0.2) is 19.5 Å². The van der Waals surface area contributed by atoms with Crippen LogP contribution in [0.25, 0.3) is 0 Å². The minimum atomic E-state index is 0.118. The molecule has 3 nitrogen and oxygen atoms in total. The number of rotatable bonds is 6. The van der Waals surface area contributed by atoms with Crippen molar-refractivity contribution in [3.63, 3.8) is 0 Å². The molecule has 94 valence electrons. The molecule has 0 saturated carbocycles. The fourth-order valence-corrected chi connectivity index (χ4v) is 2.14. The number of carbonyl (C=O) groups excluding carboxylic acids is 1. The van der Waals surface area contributed by atoms with Gasteiger partial charge in [-0.2, -0.15) is 0 Å². The van der Waals surface area contributed by atoms with Crippen LogP contribution in [0.3, 0.4) is 0 Å². The molecule has 17 heavy (non-hydrogen) atoms. The highest BCUT2D eigenvalue weighted by atomic mass is 79.9. The first-order valence-electron chi connectivity index (χ1n) is 5.61. The maximum atomic E-state index is 10.7. The summed E-state index contributed by atoms with van der Waals surface area (Å²) in [6.45, 7) is 4.13. The number of benzene rings is 1. The number of ether oxygens (including phenoxy) is 2. The Morgan fingerprint density at radius 3 is 2.71 bits per heavy atom. The van der Waals surface area contributed by atoms with Crippen LogP contribution in [-0.2, 0) is 0 Å². The van der Waals surface area contributed by atoms with Crippen LogP contribution >= 0.6 is 15.9 Å². The number of halogens is 1. The second-order valence-electron chi connectivity index (χ2n) is 3.87. The summed E-state index contributed by atoms with van der Waals surface area (Å²) in [7, 11) is 1.56. The number of methoxy groups -OCH3 is 1. The van der Waals surface area contributed by atoms with Crippen molar-refractivity contribution in [2.24, 2.45) is 0 Å². The Morgan fingerprint density at radius 2 is 2.18 bits per heavy atom. The Balaban J connectivity index is 3.01. The topological polar surface area (TPSA) is 35.5 Å². The second kappa shape index (κ2) is 6.64. The molecule has 0 bridgehead atoms. The average Bonchev–Trinajstić information content (AvgIpc) is 2.31. The molecule has 1 unspecified atom stereocenters. The molecule has 0 spiro atoms. The molecule has 0 aliphatic carbocycles. The van der Waals surface area contributed by atoms with Crippen LogP contribution in [0.5, 0.6) is 11.5 Å². The average molecular weight is 301 g/mol. The Labute approximate surface area is 110 Å². The monoisotopic (exact) mass is 300 g/mol. The summed E-state index contributed by atoms with van der Waals surface area (Å²) in [5.74, 6) is 1.23. The number of hydrogen-bond donors (Lipinski definition) is 0. The zero-order valence-electron chi connectivity index (χ0n) is 10.3. The Morgan fingerprint density at radius 1 is 1.47 bits per heavy atom. The molecule has 0 radical (unpaired) electrons. The van der Waals surface area contributed by atoms with Gasteiger partial charge in [-0.3, -0.25) is 4.79 Å². The predicted octanol–water partition coefficient (Wildman–Crippen LogP) is 3.84. The molecule has 1 atom stereocenters. The van der Waals surface area contributed by atoms with E-state index in [9.17, 15) is 4.79 Å². The summed E-state index contributed by atoms with van der Waals surface area (Å²) in [4.78, 5) is 10.7. The highest BCUT2D eigenvalue weighted by Crippen LogP contribution is 2.37. The summed E-state index contributed by atoms with van der Waals surface area (Å²) in [5, 5.41) is 0. The van der Waals surface area contributed by atoms with Gasteiger partial charge in [0.1, 0.15) is 6.29 Å². The molecule has 0 saturated heterocycles. The van der Waals surface area contributed by atoms with Gasteiger partial charge in [0.2, 0.25) is 0 Å². The molecule has 0 fully saturated rings. The molecular formula is C13H17BrO3. The van der Waals surface area contributed by atoms with Gasteiger partial charge in [-0.15, -0.1) is 0 Å². The minimum absolute atomic E-state index is 0.118. The van der Waals surface area contributed by atoms with E-state index in [4.69, 9.17) is 9.47 Å². The minimum Gasteiger partial charge on any atom is -0.493 e. The molecule has 1 aromatic carbocycles. The van der Waals surface area contributed by atoms with Crippen LogP contribution in [0.2, 0.25) is 0 Å². The molecule has 0 aliphatic heterocycles. The molecule has 0 heterocycles. The van der Waals surface area contributed by atoms with Crippen molar-refractivity contribution in [3.05, 3.63) is 22.2 Å². The zero-order chi connectivity index (χ0) is 12.8. The van der Waals surface area contributed by atoms with Crippen molar-refractivity contribution >= 4 is 22.2 Å². The van der Waals surface area contributed by atoms with Gasteiger partial charge in [0.05, 0.1) is 17.7 Å². The van der Waals surface area contributed by atoms with Gasteiger partial charge < -0.3 is 9.47 Å². The van der Waals surface area contributed by atoms with Gasteiger partial charge in [0.15, 0.2) is 11.5 Å². The Bertz CT molecular complexity index is 390. The van der Waals surface area contributed by atoms with E-state index in [1.54, 1.807) is 19.2 Å². The highest BCUT2D eigenvalue weighted by molar-refractivity contribution is 9.10. The standard InChI is InChI=1S/C13H17BrO3/c1-4-5-9(2)17-13-11(14)6-10(8-15)7-12(13)16-3/h6-9H,4-5H2,1-3H3. The first kappa shape index (κ1) is 14.0. The van der Waals surface area contributed by atoms with E-state index < -0.39 is 0 Å². The molecule has 4 heteroatoms. The predicted molar refractivity (Wildman–Crippen MR) is 71.1 cm³/mol. The fraction of sp³-hybridized carbons (Fsp3) is 0.462. The zero-order valence-corrected chi connectivity index (χ0v) is 11.9. The first-order chi connectivity index (χ1) is 8.12. The van der Waals surface area contributed by atoms with Gasteiger partial charge in [-0.05, 0) is 41.4 Å². The van der Waals surface area contributed by atoms with E-state index in [1.807, 2.05) is 6.92 Å². The lowest BCUT2D eigenvalue weighted by molar-refractivity contribution is 0.112. The molecule has 1 aromatic rings. The van der Waals surface area contributed by atoms with E-state index in [-0.39, 0.29) is 6.10 Å². The SMILES string of the molecule is CCCC(C)Oc1c(Br)cc(C=O)cc1OC. The lowest BCUT2D eigenvalue weighted by atomic mass is 10.2. The number of hydrogen-bond acceptors (Lipinski definition) is 3. The van der Waals surface area contributed by atoms with Gasteiger partial charge >= 0.3 is 0 Å². The maximum Gasteiger partial charge on any atom is 0.175 e. The number of carbonyl (C=O) groups is 1. The van der Waals surface area contributed by atoms with E-state index in [0.29, 0.717) is 17.1 Å². The van der Waals surface area contributed by atoms with Crippen LogP contribution in [0.4, 0.5) is 0 Å². The Kier molecular flexibility index (Phi) is 5.48. The summed E-state index contributed by atoms with van der Waals surface area (Å²) in [6.07, 6.45) is 2.94. The first-order valence-corrected chi connectivity index (χ1v) is 6.41. The smallest absolute Gasteiger partial charge is 0.175 e. The van der Waals surface area contributed by atoms with Crippen molar-refractivity contribution in [2.45, 2.75) is 32.8 Å². The van der Waals surface area contributed by atoms with Crippen LogP contribution in [0.15, 0.2) is 16.6 Å². The highest BCUT2D eigenvalue weighted by Gasteiger charge is 2.14. The summed E-state index contributed by atoms with van der Waals surface area (Å²) in [6, 6.07) is 3.40. The van der Waals surface area contributed by atoms with Crippen molar-refractivity contribution in [2.75, 3.05) is 7.11 Å². The normalized spacial score (nSPS) is 12.0. The van der Waals surface area contributed by atoms with E-state index in [0.717, 1.165) is 23.6 Å². The van der Waals surface area contributed by atoms with Crippen LogP contribution in [0.1, 0.15) is 37.0 Å². The van der Waals surface area contributed by atoms with E-state index >= 15 is 0 Å². The van der Waals surface area contributed by atoms with Crippen molar-refractivity contribution in [3.8, 4) is 11.5 Å². The fourth-order valence-electron chi connectivity index (χ4n) is 1.59. The third kappa shape index (κ3) is 3.73. The third-order valence-corrected chi connectivity index (χ3v) is 2.99. The largest absolute Gasteiger partial charge is 0.493 e. The van der Waals surface area contributed by atoms with Crippen molar-refractivity contribution in [1.82, 2.24) is 0 Å². The van der Waals surface area contributed by atoms with Crippen molar-refractivity contribution in [1.29, 1.82) is 0 Å². The second-order valence-corrected chi connectivity index (χ2v) is 4.72. The maximum absolute atomic E-state index is 10.7. The lowest BCUT2D eigenvalue weighted by Gasteiger charge is -2.18. The molecule has 0 aliphatic rings. The molecular weight excluding hydrogens is 284 g/mol. The van der Waals surface area contributed by atoms with E-state index in [1.165, 1.54) is 0 Å². The molecule has 0 aromatic heterocycles. The summed E-state index contributed by atoms with van der Waals surface area (Å²) >= 11 is 3.40. The lowest BCUT2D eigenvalue weighted by Crippen LogP contribution is -2.12. The van der Waals surface area contributed by atoms with E-state index in [2.05, 4.69) is 22.9 Å².